The van der Waals surface area contributed by atoms with Crippen molar-refractivity contribution in [1.82, 2.24) is 4.72 Å². The number of rotatable bonds is 7. The number of hydrogen-bond donors (Lipinski definition) is 1. The van der Waals surface area contributed by atoms with Crippen LogP contribution < -0.4 is 18.9 Å². The van der Waals surface area contributed by atoms with Crippen LogP contribution in [0.1, 0.15) is 23.1 Å². The summed E-state index contributed by atoms with van der Waals surface area (Å²) in [5, 5.41) is 0. The molecule has 6 nitrogen and oxygen atoms in total. The summed E-state index contributed by atoms with van der Waals surface area (Å²) in [6, 6.07) is 8.82. The molecule has 0 heterocycles. The molecular weight excluding hydrogens is 354 g/mol. The van der Waals surface area contributed by atoms with Crippen molar-refractivity contribution in [2.24, 2.45) is 0 Å². The fourth-order valence-corrected chi connectivity index (χ4v) is 4.28. The standard InChI is InChI=1S/C19H23NO5S/c1-23-17-9-13(10-18(24-2)19(17)25-3)12-20-26(21,22)16-8-7-14-5-4-6-15(14)11-16/h7-11,20H,4-6,12H2,1-3H3. The van der Waals surface area contributed by atoms with Gasteiger partial charge in [-0.05, 0) is 60.2 Å². The molecule has 0 spiro atoms. The van der Waals surface area contributed by atoms with Crippen LogP contribution in [0.2, 0.25) is 0 Å². The number of ether oxygens (including phenoxy) is 3. The first-order valence-electron chi connectivity index (χ1n) is 8.39. The summed E-state index contributed by atoms with van der Waals surface area (Å²) in [6.07, 6.45) is 3.04. The van der Waals surface area contributed by atoms with E-state index in [0.29, 0.717) is 27.7 Å². The van der Waals surface area contributed by atoms with Gasteiger partial charge in [0.2, 0.25) is 15.8 Å². The van der Waals surface area contributed by atoms with E-state index in [0.717, 1.165) is 24.8 Å². The van der Waals surface area contributed by atoms with Crippen molar-refractivity contribution in [3.05, 3.63) is 47.0 Å². The molecule has 0 saturated heterocycles. The summed E-state index contributed by atoms with van der Waals surface area (Å²) >= 11 is 0. The van der Waals surface area contributed by atoms with Gasteiger partial charge < -0.3 is 14.2 Å². The highest BCUT2D eigenvalue weighted by atomic mass is 32.2. The van der Waals surface area contributed by atoms with E-state index in [1.807, 2.05) is 6.07 Å². The average molecular weight is 377 g/mol. The molecule has 0 atom stereocenters. The summed E-state index contributed by atoms with van der Waals surface area (Å²) in [4.78, 5) is 0.297. The zero-order chi connectivity index (χ0) is 18.7. The lowest BCUT2D eigenvalue weighted by atomic mass is 10.1. The van der Waals surface area contributed by atoms with Gasteiger partial charge in [0.25, 0.3) is 0 Å². The van der Waals surface area contributed by atoms with Crippen LogP contribution in [0.3, 0.4) is 0 Å². The molecule has 2 aromatic carbocycles. The number of hydrogen-bond acceptors (Lipinski definition) is 5. The highest BCUT2D eigenvalue weighted by molar-refractivity contribution is 7.89. The zero-order valence-corrected chi connectivity index (χ0v) is 16.0. The van der Waals surface area contributed by atoms with Gasteiger partial charge in [0.05, 0.1) is 26.2 Å². The highest BCUT2D eigenvalue weighted by Gasteiger charge is 2.19. The summed E-state index contributed by atoms with van der Waals surface area (Å²) in [5.74, 6) is 1.44. The fourth-order valence-electron chi connectivity index (χ4n) is 3.21. The number of fused-ring (bicyclic) bond motifs is 1. The van der Waals surface area contributed by atoms with Gasteiger partial charge in [0.1, 0.15) is 0 Å². The van der Waals surface area contributed by atoms with Gasteiger partial charge in [-0.25, -0.2) is 13.1 Å². The Morgan fingerprint density at radius 2 is 1.58 bits per heavy atom. The molecule has 1 aliphatic carbocycles. The van der Waals surface area contributed by atoms with Crippen molar-refractivity contribution >= 4 is 10.0 Å². The number of benzene rings is 2. The van der Waals surface area contributed by atoms with E-state index in [9.17, 15) is 8.42 Å². The summed E-state index contributed by atoms with van der Waals surface area (Å²) < 4.78 is 43.8. The first-order valence-corrected chi connectivity index (χ1v) is 9.87. The monoisotopic (exact) mass is 377 g/mol. The Morgan fingerprint density at radius 1 is 0.923 bits per heavy atom. The molecule has 7 heteroatoms. The molecule has 140 valence electrons. The second-order valence-corrected chi connectivity index (χ2v) is 7.91. The maximum atomic E-state index is 12.6. The summed E-state index contributed by atoms with van der Waals surface area (Å²) in [7, 11) is 0.974. The molecule has 1 N–H and O–H groups in total. The predicted octanol–water partition coefficient (Wildman–Crippen LogP) is 2.68. The van der Waals surface area contributed by atoms with E-state index in [-0.39, 0.29) is 6.54 Å². The Hall–Kier alpha value is -2.25. The average Bonchev–Trinajstić information content (AvgIpc) is 3.13. The van der Waals surface area contributed by atoms with E-state index in [2.05, 4.69) is 4.72 Å². The molecule has 0 unspecified atom stereocenters. The highest BCUT2D eigenvalue weighted by Crippen LogP contribution is 2.38. The van der Waals surface area contributed by atoms with Crippen molar-refractivity contribution < 1.29 is 22.6 Å². The van der Waals surface area contributed by atoms with Crippen LogP contribution in [0.15, 0.2) is 35.2 Å². The van der Waals surface area contributed by atoms with Gasteiger partial charge >= 0.3 is 0 Å². The van der Waals surface area contributed by atoms with E-state index in [4.69, 9.17) is 14.2 Å². The molecular formula is C19H23NO5S. The Bertz CT molecular complexity index is 883. The second-order valence-electron chi connectivity index (χ2n) is 6.14. The minimum atomic E-state index is -3.60. The van der Waals surface area contributed by atoms with Crippen LogP contribution in [0.5, 0.6) is 17.2 Å². The lowest BCUT2D eigenvalue weighted by Crippen LogP contribution is -2.23. The van der Waals surface area contributed by atoms with Crippen LogP contribution in [0, 0.1) is 0 Å². The minimum absolute atomic E-state index is 0.121. The van der Waals surface area contributed by atoms with Gasteiger partial charge in [0, 0.05) is 6.54 Å². The van der Waals surface area contributed by atoms with Gasteiger partial charge in [-0.15, -0.1) is 0 Å². The lowest BCUT2D eigenvalue weighted by molar-refractivity contribution is 0.323. The number of aryl methyl sites for hydroxylation is 2. The van der Waals surface area contributed by atoms with Crippen molar-refractivity contribution in [3.8, 4) is 17.2 Å². The largest absolute Gasteiger partial charge is 0.493 e. The Balaban J connectivity index is 1.81. The van der Waals surface area contributed by atoms with Crippen molar-refractivity contribution in [2.75, 3.05) is 21.3 Å². The van der Waals surface area contributed by atoms with E-state index in [1.165, 1.54) is 26.9 Å². The van der Waals surface area contributed by atoms with E-state index >= 15 is 0 Å². The van der Waals surface area contributed by atoms with Crippen LogP contribution in [0.4, 0.5) is 0 Å². The van der Waals surface area contributed by atoms with Gasteiger partial charge in [-0.1, -0.05) is 6.07 Å². The third-order valence-electron chi connectivity index (χ3n) is 4.57. The summed E-state index contributed by atoms with van der Waals surface area (Å²) in [5.41, 5.74) is 3.08. The molecule has 0 radical (unpaired) electrons. The first-order chi connectivity index (χ1) is 12.5. The zero-order valence-electron chi connectivity index (χ0n) is 15.2. The van der Waals surface area contributed by atoms with Crippen molar-refractivity contribution in [3.63, 3.8) is 0 Å². The van der Waals surface area contributed by atoms with Gasteiger partial charge in [-0.3, -0.25) is 0 Å². The Morgan fingerprint density at radius 3 is 2.19 bits per heavy atom. The molecule has 0 aliphatic heterocycles. The van der Waals surface area contributed by atoms with Crippen LogP contribution >= 0.6 is 0 Å². The van der Waals surface area contributed by atoms with Crippen LogP contribution in [-0.4, -0.2) is 29.7 Å². The smallest absolute Gasteiger partial charge is 0.240 e. The van der Waals surface area contributed by atoms with Gasteiger partial charge in [0.15, 0.2) is 11.5 Å². The third-order valence-corrected chi connectivity index (χ3v) is 5.97. The van der Waals surface area contributed by atoms with E-state index < -0.39 is 10.0 Å². The predicted molar refractivity (Wildman–Crippen MR) is 98.6 cm³/mol. The first kappa shape index (κ1) is 18.5. The molecule has 0 fully saturated rings. The molecule has 1 aliphatic rings. The van der Waals surface area contributed by atoms with Crippen LogP contribution in [0.25, 0.3) is 0 Å². The molecule has 26 heavy (non-hydrogen) atoms. The topological polar surface area (TPSA) is 73.9 Å². The number of methoxy groups -OCH3 is 3. The minimum Gasteiger partial charge on any atom is -0.493 e. The molecule has 0 bridgehead atoms. The normalized spacial score (nSPS) is 13.3. The maximum Gasteiger partial charge on any atom is 0.240 e. The lowest BCUT2D eigenvalue weighted by Gasteiger charge is -2.14. The Labute approximate surface area is 154 Å². The molecule has 0 amide bonds. The molecule has 2 aromatic rings. The van der Waals surface area contributed by atoms with Crippen LogP contribution in [-0.2, 0) is 29.4 Å². The van der Waals surface area contributed by atoms with Gasteiger partial charge in [-0.2, -0.15) is 0 Å². The fraction of sp³-hybridized carbons (Fsp3) is 0.368. The maximum absolute atomic E-state index is 12.6. The second kappa shape index (κ2) is 7.55. The van der Waals surface area contributed by atoms with Crippen molar-refractivity contribution in [2.45, 2.75) is 30.7 Å². The number of nitrogens with one attached hydrogen (secondary N) is 1. The molecule has 0 aromatic heterocycles. The van der Waals surface area contributed by atoms with E-state index in [1.54, 1.807) is 24.3 Å². The molecule has 3 rings (SSSR count). The van der Waals surface area contributed by atoms with Crippen molar-refractivity contribution in [1.29, 1.82) is 0 Å². The Kier molecular flexibility index (Phi) is 5.38. The number of sulfonamides is 1. The summed E-state index contributed by atoms with van der Waals surface area (Å²) in [6.45, 7) is 0.121. The third kappa shape index (κ3) is 3.64. The quantitative estimate of drug-likeness (QED) is 0.803. The molecule has 0 saturated carbocycles. The SMILES string of the molecule is COc1cc(CNS(=O)(=O)c2ccc3c(c2)CCC3)cc(OC)c1OC.